The molecule has 0 radical (unpaired) electrons. The van der Waals surface area contributed by atoms with Crippen molar-refractivity contribution in [2.75, 3.05) is 6.26 Å². The zero-order valence-electron chi connectivity index (χ0n) is 7.92. The predicted molar refractivity (Wildman–Crippen MR) is 52.5 cm³/mol. The van der Waals surface area contributed by atoms with Crippen molar-refractivity contribution in [1.29, 1.82) is 0 Å². The number of thioether (sulfide) groups is 1. The Hall–Kier alpha value is -0.310. The van der Waals surface area contributed by atoms with Crippen LogP contribution in [0.25, 0.3) is 0 Å². The highest BCUT2D eigenvalue weighted by Gasteiger charge is 2.15. The number of hydrogen-bond donors (Lipinski definition) is 0. The Morgan fingerprint density at radius 3 is 2.33 bits per heavy atom. The van der Waals surface area contributed by atoms with Crippen LogP contribution in [-0.2, 0) is 9.59 Å². The summed E-state index contributed by atoms with van der Waals surface area (Å²) in [4.78, 5) is 22.1. The number of hydrogen-bond acceptors (Lipinski definition) is 3. The van der Waals surface area contributed by atoms with Gasteiger partial charge < -0.3 is 0 Å². The first kappa shape index (κ1) is 11.7. The maximum atomic E-state index is 11.2. The number of carbonyl (C=O) groups excluding carboxylic acids is 2. The van der Waals surface area contributed by atoms with E-state index < -0.39 is 0 Å². The molecule has 3 heteroatoms. The SMILES string of the molecule is CCCC(=O)CC(SC)C(C)=O. The second-order valence-corrected chi connectivity index (χ2v) is 3.87. The number of rotatable bonds is 6. The van der Waals surface area contributed by atoms with Gasteiger partial charge in [0.2, 0.25) is 0 Å². The second-order valence-electron chi connectivity index (χ2n) is 2.83. The molecule has 0 rings (SSSR count). The third kappa shape index (κ3) is 4.54. The Morgan fingerprint density at radius 2 is 2.00 bits per heavy atom. The van der Waals surface area contributed by atoms with Crippen molar-refractivity contribution < 1.29 is 9.59 Å². The summed E-state index contributed by atoms with van der Waals surface area (Å²) in [6.45, 7) is 3.51. The summed E-state index contributed by atoms with van der Waals surface area (Å²) in [5, 5.41) is -0.121. The molecule has 1 unspecified atom stereocenters. The van der Waals surface area contributed by atoms with E-state index in [0.717, 1.165) is 6.42 Å². The van der Waals surface area contributed by atoms with Crippen LogP contribution in [0.1, 0.15) is 33.1 Å². The molecule has 2 nitrogen and oxygen atoms in total. The summed E-state index contributed by atoms with van der Waals surface area (Å²) in [5.41, 5.74) is 0. The van der Waals surface area contributed by atoms with E-state index in [1.54, 1.807) is 6.92 Å². The van der Waals surface area contributed by atoms with Crippen molar-refractivity contribution in [3.63, 3.8) is 0 Å². The largest absolute Gasteiger partial charge is 0.300 e. The molecule has 0 aliphatic rings. The normalized spacial score (nSPS) is 12.6. The lowest BCUT2D eigenvalue weighted by Gasteiger charge is -2.08. The molecule has 12 heavy (non-hydrogen) atoms. The monoisotopic (exact) mass is 188 g/mol. The third-order valence-electron chi connectivity index (χ3n) is 1.68. The van der Waals surface area contributed by atoms with Gasteiger partial charge in [-0.05, 0) is 19.6 Å². The zero-order chi connectivity index (χ0) is 9.56. The van der Waals surface area contributed by atoms with Gasteiger partial charge in [0.05, 0.1) is 5.25 Å². The number of Topliss-reactive ketones (excluding diaryl/α,β-unsaturated/α-hetero) is 2. The molecule has 0 amide bonds. The Kier molecular flexibility index (Phi) is 6.07. The fraction of sp³-hybridized carbons (Fsp3) is 0.778. The maximum Gasteiger partial charge on any atom is 0.143 e. The Labute approximate surface area is 78.1 Å². The summed E-state index contributed by atoms with van der Waals surface area (Å²) in [5.74, 6) is 0.305. The molecule has 0 fully saturated rings. The van der Waals surface area contributed by atoms with Crippen molar-refractivity contribution in [2.24, 2.45) is 0 Å². The van der Waals surface area contributed by atoms with Gasteiger partial charge in [0.1, 0.15) is 11.6 Å². The molecule has 0 aromatic carbocycles. The van der Waals surface area contributed by atoms with Crippen LogP contribution in [0.15, 0.2) is 0 Å². The first-order valence-corrected chi connectivity index (χ1v) is 5.45. The molecular formula is C9H16O2S. The van der Waals surface area contributed by atoms with Gasteiger partial charge in [-0.2, -0.15) is 11.8 Å². The van der Waals surface area contributed by atoms with Crippen LogP contribution in [0.5, 0.6) is 0 Å². The molecule has 0 aliphatic heterocycles. The Bertz CT molecular complexity index is 166. The van der Waals surface area contributed by atoms with Crippen LogP contribution < -0.4 is 0 Å². The van der Waals surface area contributed by atoms with E-state index in [4.69, 9.17) is 0 Å². The van der Waals surface area contributed by atoms with Crippen molar-refractivity contribution in [1.82, 2.24) is 0 Å². The Morgan fingerprint density at radius 1 is 1.42 bits per heavy atom. The lowest BCUT2D eigenvalue weighted by molar-refractivity contribution is -0.122. The van der Waals surface area contributed by atoms with Crippen molar-refractivity contribution in [2.45, 2.75) is 38.4 Å². The lowest BCUT2D eigenvalue weighted by atomic mass is 10.1. The number of ketones is 2. The van der Waals surface area contributed by atoms with Gasteiger partial charge in [-0.1, -0.05) is 6.92 Å². The van der Waals surface area contributed by atoms with Crippen LogP contribution >= 0.6 is 11.8 Å². The topological polar surface area (TPSA) is 34.1 Å². The predicted octanol–water partition coefficient (Wildman–Crippen LogP) is 2.07. The van der Waals surface area contributed by atoms with Crippen molar-refractivity contribution >= 4 is 23.3 Å². The van der Waals surface area contributed by atoms with Gasteiger partial charge in [-0.3, -0.25) is 9.59 Å². The van der Waals surface area contributed by atoms with E-state index in [-0.39, 0.29) is 16.8 Å². The Balaban J connectivity index is 3.85. The zero-order valence-corrected chi connectivity index (χ0v) is 8.74. The number of carbonyl (C=O) groups is 2. The van der Waals surface area contributed by atoms with Gasteiger partial charge in [-0.25, -0.2) is 0 Å². The lowest BCUT2D eigenvalue weighted by Crippen LogP contribution is -2.17. The molecule has 0 aromatic heterocycles. The van der Waals surface area contributed by atoms with Gasteiger partial charge in [0.15, 0.2) is 0 Å². The van der Waals surface area contributed by atoms with Crippen LogP contribution in [0.2, 0.25) is 0 Å². The van der Waals surface area contributed by atoms with E-state index in [9.17, 15) is 9.59 Å². The molecule has 0 bridgehead atoms. The van der Waals surface area contributed by atoms with Gasteiger partial charge in [-0.15, -0.1) is 0 Å². The highest BCUT2D eigenvalue weighted by atomic mass is 32.2. The fourth-order valence-corrected chi connectivity index (χ4v) is 1.67. The molecule has 70 valence electrons. The van der Waals surface area contributed by atoms with Crippen molar-refractivity contribution in [3.8, 4) is 0 Å². The molecule has 0 saturated heterocycles. The minimum atomic E-state index is -0.121. The van der Waals surface area contributed by atoms with Crippen LogP contribution in [0.3, 0.4) is 0 Å². The molecule has 0 heterocycles. The third-order valence-corrected chi connectivity index (χ3v) is 2.75. The van der Waals surface area contributed by atoms with Gasteiger partial charge >= 0.3 is 0 Å². The minimum absolute atomic E-state index is 0.104. The van der Waals surface area contributed by atoms with E-state index >= 15 is 0 Å². The molecule has 0 aliphatic carbocycles. The first-order chi connectivity index (χ1) is 5.61. The summed E-state index contributed by atoms with van der Waals surface area (Å²) in [6.07, 6.45) is 3.75. The average molecular weight is 188 g/mol. The molecule has 0 saturated carbocycles. The maximum absolute atomic E-state index is 11.2. The highest BCUT2D eigenvalue weighted by molar-refractivity contribution is 7.99. The quantitative estimate of drug-likeness (QED) is 0.640. The smallest absolute Gasteiger partial charge is 0.143 e. The van der Waals surface area contributed by atoms with E-state index in [1.165, 1.54) is 11.8 Å². The van der Waals surface area contributed by atoms with Gasteiger partial charge in [0, 0.05) is 12.8 Å². The van der Waals surface area contributed by atoms with Crippen LogP contribution in [-0.4, -0.2) is 23.1 Å². The molecule has 0 spiro atoms. The van der Waals surface area contributed by atoms with E-state index in [0.29, 0.717) is 12.8 Å². The van der Waals surface area contributed by atoms with E-state index in [1.807, 2.05) is 13.2 Å². The summed E-state index contributed by atoms with van der Waals surface area (Å²) >= 11 is 1.46. The van der Waals surface area contributed by atoms with E-state index in [2.05, 4.69) is 0 Å². The molecule has 0 aromatic rings. The average Bonchev–Trinajstić information content (AvgIpc) is 2.00. The molecular weight excluding hydrogens is 172 g/mol. The molecule has 0 N–H and O–H groups in total. The highest BCUT2D eigenvalue weighted by Crippen LogP contribution is 2.13. The standard InChI is InChI=1S/C9H16O2S/c1-4-5-8(11)6-9(12-3)7(2)10/h9H,4-6H2,1-3H3. The van der Waals surface area contributed by atoms with Crippen LogP contribution in [0.4, 0.5) is 0 Å². The first-order valence-electron chi connectivity index (χ1n) is 4.16. The van der Waals surface area contributed by atoms with Crippen molar-refractivity contribution in [3.05, 3.63) is 0 Å². The summed E-state index contributed by atoms with van der Waals surface area (Å²) in [7, 11) is 0. The van der Waals surface area contributed by atoms with Gasteiger partial charge in [0.25, 0.3) is 0 Å². The fourth-order valence-electron chi connectivity index (χ4n) is 0.981. The van der Waals surface area contributed by atoms with Crippen LogP contribution in [0, 0.1) is 0 Å². The minimum Gasteiger partial charge on any atom is -0.300 e. The summed E-state index contributed by atoms with van der Waals surface area (Å²) in [6, 6.07) is 0. The molecule has 1 atom stereocenters. The summed E-state index contributed by atoms with van der Waals surface area (Å²) < 4.78 is 0. The second kappa shape index (κ2) is 6.23.